The highest BCUT2D eigenvalue weighted by Crippen LogP contribution is 1.95. The van der Waals surface area contributed by atoms with E-state index in [0.29, 0.717) is 13.1 Å². The van der Waals surface area contributed by atoms with Gasteiger partial charge in [-0.3, -0.25) is 4.79 Å². The SMILES string of the molecule is CCCCCNCCCCCOC=O. The van der Waals surface area contributed by atoms with E-state index in [-0.39, 0.29) is 0 Å². The molecule has 0 aromatic heterocycles. The van der Waals surface area contributed by atoms with Crippen molar-refractivity contribution in [2.45, 2.75) is 45.4 Å². The molecular formula is C11H23NO2. The molecule has 0 bridgehead atoms. The summed E-state index contributed by atoms with van der Waals surface area (Å²) in [5.74, 6) is 0. The molecule has 0 saturated heterocycles. The highest BCUT2D eigenvalue weighted by Gasteiger charge is 1.90. The zero-order valence-corrected chi connectivity index (χ0v) is 9.26. The van der Waals surface area contributed by atoms with Crippen LogP contribution in [0.4, 0.5) is 0 Å². The standard InChI is InChI=1S/C11H23NO2/c1-2-3-5-8-12-9-6-4-7-10-14-11-13/h11-12H,2-10H2,1H3. The van der Waals surface area contributed by atoms with Gasteiger partial charge in [0.25, 0.3) is 6.47 Å². The van der Waals surface area contributed by atoms with E-state index in [4.69, 9.17) is 0 Å². The molecule has 0 radical (unpaired) electrons. The molecule has 0 fully saturated rings. The first-order chi connectivity index (χ1) is 6.91. The Morgan fingerprint density at radius 2 is 1.79 bits per heavy atom. The second kappa shape index (κ2) is 12.4. The van der Waals surface area contributed by atoms with E-state index in [0.717, 1.165) is 25.9 Å². The highest BCUT2D eigenvalue weighted by atomic mass is 16.5. The van der Waals surface area contributed by atoms with Gasteiger partial charge in [-0.1, -0.05) is 19.8 Å². The number of carbonyl (C=O) groups is 1. The van der Waals surface area contributed by atoms with Crippen LogP contribution in [0.25, 0.3) is 0 Å². The summed E-state index contributed by atoms with van der Waals surface area (Å²) in [4.78, 5) is 9.81. The molecule has 1 N–H and O–H groups in total. The maximum atomic E-state index is 9.81. The molecule has 3 nitrogen and oxygen atoms in total. The molecule has 84 valence electrons. The fraction of sp³-hybridized carbons (Fsp3) is 0.909. The lowest BCUT2D eigenvalue weighted by molar-refractivity contribution is -0.128. The Balaban J connectivity index is 2.81. The number of rotatable bonds is 11. The molecule has 0 amide bonds. The predicted octanol–water partition coefficient (Wildman–Crippen LogP) is 2.11. The Morgan fingerprint density at radius 3 is 2.43 bits per heavy atom. The topological polar surface area (TPSA) is 38.3 Å². The van der Waals surface area contributed by atoms with Crippen molar-refractivity contribution in [3.63, 3.8) is 0 Å². The Morgan fingerprint density at radius 1 is 1.07 bits per heavy atom. The zero-order chi connectivity index (χ0) is 10.5. The normalized spacial score (nSPS) is 10.1. The van der Waals surface area contributed by atoms with Crippen LogP contribution >= 0.6 is 0 Å². The lowest BCUT2D eigenvalue weighted by Crippen LogP contribution is -2.16. The van der Waals surface area contributed by atoms with E-state index in [1.165, 1.54) is 25.7 Å². The van der Waals surface area contributed by atoms with E-state index in [2.05, 4.69) is 17.0 Å². The van der Waals surface area contributed by atoms with E-state index < -0.39 is 0 Å². The van der Waals surface area contributed by atoms with Crippen molar-refractivity contribution < 1.29 is 9.53 Å². The van der Waals surface area contributed by atoms with E-state index in [1.54, 1.807) is 0 Å². The molecule has 14 heavy (non-hydrogen) atoms. The van der Waals surface area contributed by atoms with Gasteiger partial charge in [0.2, 0.25) is 0 Å². The molecule has 0 spiro atoms. The molecule has 0 atom stereocenters. The van der Waals surface area contributed by atoms with Crippen LogP contribution in [-0.2, 0) is 9.53 Å². The van der Waals surface area contributed by atoms with Crippen LogP contribution in [0.15, 0.2) is 0 Å². The van der Waals surface area contributed by atoms with Gasteiger partial charge in [0.05, 0.1) is 6.61 Å². The summed E-state index contributed by atoms with van der Waals surface area (Å²) in [5, 5.41) is 3.40. The maximum Gasteiger partial charge on any atom is 0.293 e. The molecule has 0 aliphatic rings. The molecule has 0 aromatic carbocycles. The largest absolute Gasteiger partial charge is 0.468 e. The van der Waals surface area contributed by atoms with Crippen molar-refractivity contribution >= 4 is 6.47 Å². The minimum absolute atomic E-state index is 0.517. The average Bonchev–Trinajstić information content (AvgIpc) is 2.21. The summed E-state index contributed by atoms with van der Waals surface area (Å²) in [6.07, 6.45) is 7.17. The monoisotopic (exact) mass is 201 g/mol. The number of nitrogens with one attached hydrogen (secondary N) is 1. The molecular weight excluding hydrogens is 178 g/mol. The summed E-state index contributed by atoms with van der Waals surface area (Å²) in [6, 6.07) is 0. The van der Waals surface area contributed by atoms with Gasteiger partial charge in [-0.25, -0.2) is 0 Å². The van der Waals surface area contributed by atoms with Gasteiger partial charge in [-0.2, -0.15) is 0 Å². The molecule has 0 unspecified atom stereocenters. The highest BCUT2D eigenvalue weighted by molar-refractivity contribution is 5.36. The summed E-state index contributed by atoms with van der Waals surface area (Å²) >= 11 is 0. The molecule has 0 aliphatic carbocycles. The molecule has 3 heteroatoms. The first-order valence-electron chi connectivity index (χ1n) is 5.67. The van der Waals surface area contributed by atoms with Crippen LogP contribution in [0, 0.1) is 0 Å². The fourth-order valence-corrected chi connectivity index (χ4v) is 1.29. The molecule has 0 aromatic rings. The summed E-state index contributed by atoms with van der Waals surface area (Å²) in [6.45, 7) is 5.53. The van der Waals surface area contributed by atoms with Crippen molar-refractivity contribution in [3.8, 4) is 0 Å². The second-order valence-electron chi connectivity index (χ2n) is 3.48. The number of unbranched alkanes of at least 4 members (excludes halogenated alkanes) is 4. The van der Waals surface area contributed by atoms with Gasteiger partial charge < -0.3 is 10.1 Å². The van der Waals surface area contributed by atoms with Crippen LogP contribution in [-0.4, -0.2) is 26.2 Å². The number of ether oxygens (including phenoxy) is 1. The Bertz CT molecular complexity index is 118. The first kappa shape index (κ1) is 13.4. The van der Waals surface area contributed by atoms with Gasteiger partial charge in [0, 0.05) is 0 Å². The van der Waals surface area contributed by atoms with Crippen LogP contribution in [0.5, 0.6) is 0 Å². The number of hydrogen-bond donors (Lipinski definition) is 1. The fourth-order valence-electron chi connectivity index (χ4n) is 1.29. The van der Waals surface area contributed by atoms with E-state index >= 15 is 0 Å². The van der Waals surface area contributed by atoms with Gasteiger partial charge in [0.15, 0.2) is 0 Å². The van der Waals surface area contributed by atoms with Crippen LogP contribution in [0.2, 0.25) is 0 Å². The number of hydrogen-bond acceptors (Lipinski definition) is 3. The zero-order valence-electron chi connectivity index (χ0n) is 9.26. The molecule has 0 aliphatic heterocycles. The van der Waals surface area contributed by atoms with Crippen molar-refractivity contribution in [1.82, 2.24) is 5.32 Å². The van der Waals surface area contributed by atoms with Crippen LogP contribution < -0.4 is 5.32 Å². The Hall–Kier alpha value is -0.570. The maximum absolute atomic E-state index is 9.81. The lowest BCUT2D eigenvalue weighted by atomic mass is 10.2. The summed E-state index contributed by atoms with van der Waals surface area (Å²) < 4.78 is 4.59. The second-order valence-corrected chi connectivity index (χ2v) is 3.48. The summed E-state index contributed by atoms with van der Waals surface area (Å²) in [5.41, 5.74) is 0. The minimum atomic E-state index is 0.517. The van der Waals surface area contributed by atoms with Crippen LogP contribution in [0.3, 0.4) is 0 Å². The van der Waals surface area contributed by atoms with Crippen molar-refractivity contribution in [2.24, 2.45) is 0 Å². The van der Waals surface area contributed by atoms with E-state index in [9.17, 15) is 4.79 Å². The average molecular weight is 201 g/mol. The minimum Gasteiger partial charge on any atom is -0.468 e. The number of carbonyl (C=O) groups excluding carboxylic acids is 1. The third-order valence-corrected chi connectivity index (χ3v) is 2.14. The van der Waals surface area contributed by atoms with Crippen LogP contribution in [0.1, 0.15) is 45.4 Å². The lowest BCUT2D eigenvalue weighted by Gasteiger charge is -2.03. The quantitative estimate of drug-likeness (QED) is 0.411. The van der Waals surface area contributed by atoms with Crippen molar-refractivity contribution in [3.05, 3.63) is 0 Å². The third kappa shape index (κ3) is 11.4. The molecule has 0 heterocycles. The Labute approximate surface area is 87.2 Å². The van der Waals surface area contributed by atoms with Gasteiger partial charge >= 0.3 is 0 Å². The van der Waals surface area contributed by atoms with Gasteiger partial charge in [-0.15, -0.1) is 0 Å². The summed E-state index contributed by atoms with van der Waals surface area (Å²) in [7, 11) is 0. The van der Waals surface area contributed by atoms with E-state index in [1.807, 2.05) is 0 Å². The van der Waals surface area contributed by atoms with Gasteiger partial charge in [-0.05, 0) is 38.8 Å². The Kier molecular flexibility index (Phi) is 11.9. The first-order valence-corrected chi connectivity index (χ1v) is 5.67. The molecule has 0 rings (SSSR count). The predicted molar refractivity (Wildman–Crippen MR) is 58.3 cm³/mol. The molecule has 0 saturated carbocycles. The van der Waals surface area contributed by atoms with Crippen molar-refractivity contribution in [2.75, 3.05) is 19.7 Å². The third-order valence-electron chi connectivity index (χ3n) is 2.14. The van der Waals surface area contributed by atoms with Crippen molar-refractivity contribution in [1.29, 1.82) is 0 Å². The smallest absolute Gasteiger partial charge is 0.293 e. The van der Waals surface area contributed by atoms with Gasteiger partial charge in [0.1, 0.15) is 0 Å².